The highest BCUT2D eigenvalue weighted by Gasteiger charge is 2.25. The van der Waals surface area contributed by atoms with E-state index in [4.69, 9.17) is 9.88 Å². The van der Waals surface area contributed by atoms with Gasteiger partial charge in [-0.1, -0.05) is 12.1 Å². The summed E-state index contributed by atoms with van der Waals surface area (Å²) in [6.07, 6.45) is 1.17. The molecule has 0 radical (unpaired) electrons. The Morgan fingerprint density at radius 2 is 1.97 bits per heavy atom. The summed E-state index contributed by atoms with van der Waals surface area (Å²) in [5.74, 6) is -0.895. The predicted molar refractivity (Wildman–Crippen MR) is 116 cm³/mol. The van der Waals surface area contributed by atoms with Gasteiger partial charge >= 0.3 is 0 Å². The quantitative estimate of drug-likeness (QED) is 0.628. The SMILES string of the molecule is CC(C)N1CCOc2c(F)cc(-c3nc(Cc4cccc(S(N)(=O)=O)c4)ncc3F)cc21. The van der Waals surface area contributed by atoms with Gasteiger partial charge in [-0.15, -0.1) is 0 Å². The van der Waals surface area contributed by atoms with E-state index in [1.54, 1.807) is 18.2 Å². The van der Waals surface area contributed by atoms with Crippen LogP contribution in [0.15, 0.2) is 47.5 Å². The number of nitrogens with zero attached hydrogens (tertiary/aromatic N) is 3. The molecule has 1 aliphatic heterocycles. The van der Waals surface area contributed by atoms with Crippen molar-refractivity contribution in [1.29, 1.82) is 0 Å². The van der Waals surface area contributed by atoms with Crippen molar-refractivity contribution in [2.24, 2.45) is 5.14 Å². The third-order valence-corrected chi connectivity index (χ3v) is 6.10. The van der Waals surface area contributed by atoms with Crippen molar-refractivity contribution in [2.75, 3.05) is 18.1 Å². The van der Waals surface area contributed by atoms with Crippen LogP contribution >= 0.6 is 0 Å². The minimum Gasteiger partial charge on any atom is -0.486 e. The fourth-order valence-corrected chi connectivity index (χ4v) is 4.26. The fraction of sp³-hybridized carbons (Fsp3) is 0.273. The average Bonchev–Trinajstić information content (AvgIpc) is 2.74. The van der Waals surface area contributed by atoms with Gasteiger partial charge in [-0.05, 0) is 43.7 Å². The van der Waals surface area contributed by atoms with Gasteiger partial charge in [0, 0.05) is 18.0 Å². The third-order valence-electron chi connectivity index (χ3n) is 5.19. The van der Waals surface area contributed by atoms with Crippen molar-refractivity contribution in [1.82, 2.24) is 9.97 Å². The molecule has 0 unspecified atom stereocenters. The summed E-state index contributed by atoms with van der Waals surface area (Å²) in [6.45, 7) is 4.92. The Balaban J connectivity index is 1.73. The number of aromatic nitrogens is 2. The van der Waals surface area contributed by atoms with Crippen LogP contribution in [0.5, 0.6) is 5.75 Å². The number of halogens is 2. The molecule has 10 heteroatoms. The number of primary sulfonamides is 1. The van der Waals surface area contributed by atoms with E-state index in [9.17, 15) is 17.2 Å². The van der Waals surface area contributed by atoms with Gasteiger partial charge in [0.25, 0.3) is 0 Å². The Bertz CT molecular complexity index is 1280. The molecule has 1 aliphatic rings. The highest BCUT2D eigenvalue weighted by atomic mass is 32.2. The van der Waals surface area contributed by atoms with E-state index in [2.05, 4.69) is 9.97 Å². The Hall–Kier alpha value is -3.11. The van der Waals surface area contributed by atoms with E-state index in [-0.39, 0.29) is 40.2 Å². The van der Waals surface area contributed by atoms with Crippen LogP contribution in [0.4, 0.5) is 14.5 Å². The maximum absolute atomic E-state index is 14.8. The summed E-state index contributed by atoms with van der Waals surface area (Å²) >= 11 is 0. The molecular weight excluding hydrogens is 438 g/mol. The zero-order chi connectivity index (χ0) is 23.0. The van der Waals surface area contributed by atoms with Crippen molar-refractivity contribution >= 4 is 15.7 Å². The van der Waals surface area contributed by atoms with E-state index in [0.717, 1.165) is 6.20 Å². The smallest absolute Gasteiger partial charge is 0.238 e. The Kier molecular flexibility index (Phi) is 5.83. The second-order valence-corrected chi connectivity index (χ2v) is 9.36. The molecule has 2 N–H and O–H groups in total. The summed E-state index contributed by atoms with van der Waals surface area (Å²) in [5.41, 5.74) is 1.34. The molecule has 1 aromatic heterocycles. The first-order valence-electron chi connectivity index (χ1n) is 10.00. The van der Waals surface area contributed by atoms with Gasteiger partial charge < -0.3 is 9.64 Å². The van der Waals surface area contributed by atoms with Crippen LogP contribution in [0.2, 0.25) is 0 Å². The summed E-state index contributed by atoms with van der Waals surface area (Å²) < 4.78 is 58.1. The number of anilines is 1. The first-order chi connectivity index (χ1) is 15.1. The normalized spacial score (nSPS) is 13.8. The van der Waals surface area contributed by atoms with Gasteiger partial charge in [0.15, 0.2) is 17.4 Å². The molecular formula is C22H22F2N4O3S. The summed E-state index contributed by atoms with van der Waals surface area (Å²) in [7, 11) is -3.86. The van der Waals surface area contributed by atoms with E-state index in [0.29, 0.717) is 24.4 Å². The Labute approximate surface area is 184 Å². The van der Waals surface area contributed by atoms with Crippen LogP contribution in [0.25, 0.3) is 11.3 Å². The summed E-state index contributed by atoms with van der Waals surface area (Å²) in [5, 5.41) is 5.18. The van der Waals surface area contributed by atoms with Crippen LogP contribution < -0.4 is 14.8 Å². The topological polar surface area (TPSA) is 98.4 Å². The molecule has 4 rings (SSSR count). The minimum absolute atomic E-state index is 0.0390. The molecule has 0 fully saturated rings. The Morgan fingerprint density at radius 1 is 1.19 bits per heavy atom. The van der Waals surface area contributed by atoms with Crippen LogP contribution in [0.3, 0.4) is 0 Å². The largest absolute Gasteiger partial charge is 0.486 e. The van der Waals surface area contributed by atoms with Gasteiger partial charge in [0.05, 0.1) is 23.3 Å². The number of rotatable bonds is 5. The van der Waals surface area contributed by atoms with Gasteiger partial charge in [0.1, 0.15) is 18.1 Å². The third kappa shape index (κ3) is 4.42. The lowest BCUT2D eigenvalue weighted by Crippen LogP contribution is -2.38. The molecule has 0 amide bonds. The second kappa shape index (κ2) is 8.44. The minimum atomic E-state index is -3.86. The van der Waals surface area contributed by atoms with E-state index >= 15 is 0 Å². The van der Waals surface area contributed by atoms with Crippen LogP contribution in [-0.4, -0.2) is 37.6 Å². The van der Waals surface area contributed by atoms with Gasteiger partial charge in [-0.25, -0.2) is 32.3 Å². The molecule has 2 heterocycles. The molecule has 0 saturated heterocycles. The van der Waals surface area contributed by atoms with Gasteiger partial charge in [0.2, 0.25) is 10.0 Å². The predicted octanol–water partition coefficient (Wildman–Crippen LogP) is 3.27. The number of sulfonamides is 1. The van der Waals surface area contributed by atoms with Crippen molar-refractivity contribution in [3.63, 3.8) is 0 Å². The van der Waals surface area contributed by atoms with E-state index in [1.165, 1.54) is 18.2 Å². The molecule has 32 heavy (non-hydrogen) atoms. The second-order valence-electron chi connectivity index (χ2n) is 7.79. The zero-order valence-corrected chi connectivity index (χ0v) is 18.4. The molecule has 0 aliphatic carbocycles. The molecule has 0 spiro atoms. The molecule has 7 nitrogen and oxygen atoms in total. The lowest BCUT2D eigenvalue weighted by molar-refractivity contribution is 0.287. The number of benzene rings is 2. The number of fused-ring (bicyclic) bond motifs is 1. The highest BCUT2D eigenvalue weighted by molar-refractivity contribution is 7.89. The Morgan fingerprint density at radius 3 is 2.69 bits per heavy atom. The van der Waals surface area contributed by atoms with Crippen LogP contribution in [-0.2, 0) is 16.4 Å². The first kappa shape index (κ1) is 22.1. The summed E-state index contributed by atoms with van der Waals surface area (Å²) in [4.78, 5) is 10.3. The number of ether oxygens (including phenoxy) is 1. The van der Waals surface area contributed by atoms with Crippen molar-refractivity contribution in [2.45, 2.75) is 31.2 Å². The highest BCUT2D eigenvalue weighted by Crippen LogP contribution is 2.39. The zero-order valence-electron chi connectivity index (χ0n) is 17.5. The molecule has 0 atom stereocenters. The van der Waals surface area contributed by atoms with E-state index < -0.39 is 21.7 Å². The average molecular weight is 461 g/mol. The number of nitrogens with two attached hydrogens (primary N) is 1. The fourth-order valence-electron chi connectivity index (χ4n) is 3.68. The maximum atomic E-state index is 14.8. The molecule has 168 valence electrons. The van der Waals surface area contributed by atoms with Crippen LogP contribution in [0, 0.1) is 11.6 Å². The van der Waals surface area contributed by atoms with Crippen molar-refractivity contribution in [3.05, 3.63) is 65.6 Å². The lowest BCUT2D eigenvalue weighted by Gasteiger charge is -2.34. The van der Waals surface area contributed by atoms with Crippen molar-refractivity contribution < 1.29 is 21.9 Å². The van der Waals surface area contributed by atoms with Crippen molar-refractivity contribution in [3.8, 4) is 17.0 Å². The monoisotopic (exact) mass is 460 g/mol. The van der Waals surface area contributed by atoms with Gasteiger partial charge in [-0.3, -0.25) is 0 Å². The molecule has 0 bridgehead atoms. The van der Waals surface area contributed by atoms with Crippen LogP contribution in [0.1, 0.15) is 25.2 Å². The molecule has 2 aromatic carbocycles. The standard InChI is InChI=1S/C22H22F2N4O3S/c1-13(2)28-6-7-31-22-17(23)10-15(11-19(22)28)21-18(24)12-26-20(27-21)9-14-4-3-5-16(8-14)32(25,29)30/h3-5,8,10-13H,6-7,9H2,1-2H3,(H2,25,29,30). The number of hydrogen-bond acceptors (Lipinski definition) is 6. The van der Waals surface area contributed by atoms with E-state index in [1.807, 2.05) is 18.7 Å². The molecule has 0 saturated carbocycles. The first-order valence-corrected chi connectivity index (χ1v) is 11.5. The maximum Gasteiger partial charge on any atom is 0.238 e. The lowest BCUT2D eigenvalue weighted by atomic mass is 10.1. The number of hydrogen-bond donors (Lipinski definition) is 1. The molecule has 3 aromatic rings. The summed E-state index contributed by atoms with van der Waals surface area (Å²) in [6, 6.07) is 9.00. The van der Waals surface area contributed by atoms with Gasteiger partial charge in [-0.2, -0.15) is 0 Å².